The second kappa shape index (κ2) is 8.30. The van der Waals surface area contributed by atoms with Crippen molar-refractivity contribution < 1.29 is 9.59 Å². The van der Waals surface area contributed by atoms with Gasteiger partial charge in [0.25, 0.3) is 0 Å². The number of hydrogen-bond donors (Lipinski definition) is 2. The molecule has 1 aliphatic heterocycles. The monoisotopic (exact) mass is 319 g/mol. The Morgan fingerprint density at radius 2 is 2.09 bits per heavy atom. The third-order valence-corrected chi connectivity index (χ3v) is 4.96. The van der Waals surface area contributed by atoms with E-state index in [1.807, 2.05) is 4.90 Å². The van der Waals surface area contributed by atoms with Crippen LogP contribution in [-0.4, -0.2) is 41.9 Å². The van der Waals surface area contributed by atoms with Crippen LogP contribution in [0.4, 0.5) is 0 Å². The lowest BCUT2D eigenvalue weighted by Crippen LogP contribution is -2.49. The summed E-state index contributed by atoms with van der Waals surface area (Å²) in [5.74, 6) is 0.126. The Morgan fingerprint density at radius 1 is 1.35 bits per heavy atom. The topological polar surface area (TPSA) is 99.2 Å². The number of amides is 2. The van der Waals surface area contributed by atoms with Gasteiger partial charge in [-0.2, -0.15) is 5.26 Å². The van der Waals surface area contributed by atoms with Crippen molar-refractivity contribution in [3.8, 4) is 6.07 Å². The van der Waals surface area contributed by atoms with E-state index in [1.165, 1.54) is 32.1 Å². The number of nitriles is 1. The van der Waals surface area contributed by atoms with Crippen molar-refractivity contribution in [3.63, 3.8) is 0 Å². The van der Waals surface area contributed by atoms with Crippen molar-refractivity contribution in [1.29, 1.82) is 5.26 Å². The zero-order chi connectivity index (χ0) is 16.7. The summed E-state index contributed by atoms with van der Waals surface area (Å²) in [5.41, 5.74) is 4.32. The largest absolute Gasteiger partial charge is 0.370 e. The number of nitrogens with one attached hydrogen (secondary N) is 1. The van der Waals surface area contributed by atoms with Crippen LogP contribution in [0.5, 0.6) is 0 Å². The zero-order valence-electron chi connectivity index (χ0n) is 13.7. The minimum atomic E-state index is -0.836. The van der Waals surface area contributed by atoms with Crippen molar-refractivity contribution >= 4 is 11.8 Å². The molecule has 1 aliphatic carbocycles. The second-order valence-corrected chi connectivity index (χ2v) is 6.87. The Labute approximate surface area is 138 Å². The molecule has 1 unspecified atom stereocenters. The van der Waals surface area contributed by atoms with Gasteiger partial charge in [-0.15, -0.1) is 0 Å². The van der Waals surface area contributed by atoms with Gasteiger partial charge in [-0.25, -0.2) is 0 Å². The predicted molar refractivity (Wildman–Crippen MR) is 86.8 cm³/mol. The number of carbonyl (C=O) groups excluding carboxylic acids is 2. The molecule has 0 aromatic carbocycles. The molecule has 0 bridgehead atoms. The fourth-order valence-electron chi connectivity index (χ4n) is 3.55. The lowest BCUT2D eigenvalue weighted by atomic mass is 9.86. The summed E-state index contributed by atoms with van der Waals surface area (Å²) >= 11 is 0. The van der Waals surface area contributed by atoms with Crippen molar-refractivity contribution in [1.82, 2.24) is 10.2 Å². The number of carbonyl (C=O) groups is 2. The number of rotatable bonds is 7. The molecule has 6 heteroatoms. The van der Waals surface area contributed by atoms with E-state index in [0.29, 0.717) is 32.0 Å². The number of primary amides is 1. The molecular weight excluding hydrogens is 292 g/mol. The highest BCUT2D eigenvalue weighted by Gasteiger charge is 2.39. The number of nitrogens with zero attached hydrogens (tertiary/aromatic N) is 2. The van der Waals surface area contributed by atoms with Crippen LogP contribution in [0.2, 0.25) is 0 Å². The Bertz CT molecular complexity index is 468. The summed E-state index contributed by atoms with van der Waals surface area (Å²) < 4.78 is 0. The third-order valence-electron chi connectivity index (χ3n) is 4.96. The van der Waals surface area contributed by atoms with Crippen molar-refractivity contribution in [2.45, 2.75) is 56.9 Å². The molecule has 23 heavy (non-hydrogen) atoms. The van der Waals surface area contributed by atoms with E-state index in [9.17, 15) is 14.9 Å². The minimum Gasteiger partial charge on any atom is -0.370 e. The summed E-state index contributed by atoms with van der Waals surface area (Å²) in [4.78, 5) is 25.0. The maximum absolute atomic E-state index is 12.2. The summed E-state index contributed by atoms with van der Waals surface area (Å²) in [6.45, 7) is 1.70. The van der Waals surface area contributed by atoms with Crippen LogP contribution in [0, 0.1) is 23.7 Å². The fraction of sp³-hybridized carbons (Fsp3) is 0.765. The Hall–Kier alpha value is -1.61. The molecule has 1 saturated heterocycles. The van der Waals surface area contributed by atoms with Crippen molar-refractivity contribution in [3.05, 3.63) is 6.42 Å². The average molecular weight is 319 g/mol. The first kappa shape index (κ1) is 17.7. The molecule has 0 spiro atoms. The molecule has 2 aliphatic rings. The predicted octanol–water partition coefficient (Wildman–Crippen LogP) is 1.12. The van der Waals surface area contributed by atoms with E-state index in [2.05, 4.69) is 11.4 Å². The van der Waals surface area contributed by atoms with Gasteiger partial charge >= 0.3 is 0 Å². The SMILES string of the molecule is N#CC1(NC(=O)[CH]CC2CCCCC2)CCN(CCC(N)=O)C1. The summed E-state index contributed by atoms with van der Waals surface area (Å²) in [6.07, 6.45) is 9.62. The molecular formula is C17H27N4O2. The Morgan fingerprint density at radius 3 is 2.74 bits per heavy atom. The van der Waals surface area contributed by atoms with E-state index < -0.39 is 5.54 Å². The van der Waals surface area contributed by atoms with E-state index in [-0.39, 0.29) is 18.2 Å². The normalized spacial score (nSPS) is 25.9. The van der Waals surface area contributed by atoms with E-state index >= 15 is 0 Å². The van der Waals surface area contributed by atoms with Gasteiger partial charge in [0, 0.05) is 32.5 Å². The first-order chi connectivity index (χ1) is 11.0. The molecule has 1 radical (unpaired) electrons. The van der Waals surface area contributed by atoms with Gasteiger partial charge in [0.2, 0.25) is 11.8 Å². The third kappa shape index (κ3) is 5.51. The number of nitrogens with two attached hydrogens (primary N) is 1. The quantitative estimate of drug-likeness (QED) is 0.734. The van der Waals surface area contributed by atoms with Crippen LogP contribution in [0.3, 0.4) is 0 Å². The van der Waals surface area contributed by atoms with Crippen LogP contribution in [-0.2, 0) is 9.59 Å². The van der Waals surface area contributed by atoms with Crippen molar-refractivity contribution in [2.24, 2.45) is 11.7 Å². The Kier molecular flexibility index (Phi) is 6.40. The standard InChI is InChI=1S/C17H27N4O2/c18-12-17(9-11-21(13-17)10-8-15(19)22)20-16(23)7-6-14-4-2-1-3-5-14/h7,14H,1-6,8-11,13H2,(H2,19,22)(H,20,23). The summed E-state index contributed by atoms with van der Waals surface area (Å²) in [6, 6.07) is 2.25. The molecule has 1 saturated carbocycles. The summed E-state index contributed by atoms with van der Waals surface area (Å²) in [7, 11) is 0. The average Bonchev–Trinajstić information content (AvgIpc) is 2.96. The van der Waals surface area contributed by atoms with Crippen LogP contribution in [0.15, 0.2) is 0 Å². The van der Waals surface area contributed by atoms with Crippen LogP contribution >= 0.6 is 0 Å². The van der Waals surface area contributed by atoms with Gasteiger partial charge in [0.05, 0.1) is 6.07 Å². The van der Waals surface area contributed by atoms with Gasteiger partial charge < -0.3 is 11.1 Å². The van der Waals surface area contributed by atoms with Crippen LogP contribution in [0.25, 0.3) is 0 Å². The first-order valence-electron chi connectivity index (χ1n) is 8.60. The molecule has 1 atom stereocenters. The highest BCUT2D eigenvalue weighted by Crippen LogP contribution is 2.27. The molecule has 0 aromatic rings. The van der Waals surface area contributed by atoms with E-state index in [4.69, 9.17) is 5.73 Å². The second-order valence-electron chi connectivity index (χ2n) is 6.87. The van der Waals surface area contributed by atoms with Gasteiger partial charge in [0.1, 0.15) is 5.54 Å². The highest BCUT2D eigenvalue weighted by atomic mass is 16.2. The molecule has 2 fully saturated rings. The maximum Gasteiger partial charge on any atom is 0.225 e. The molecule has 6 nitrogen and oxygen atoms in total. The number of hydrogen-bond acceptors (Lipinski definition) is 4. The minimum absolute atomic E-state index is 0.145. The van der Waals surface area contributed by atoms with E-state index in [0.717, 1.165) is 6.42 Å². The lowest BCUT2D eigenvalue weighted by molar-refractivity contribution is -0.120. The highest BCUT2D eigenvalue weighted by molar-refractivity contribution is 5.85. The van der Waals surface area contributed by atoms with Gasteiger partial charge in [0.15, 0.2) is 0 Å². The zero-order valence-corrected chi connectivity index (χ0v) is 13.7. The molecule has 2 rings (SSSR count). The van der Waals surface area contributed by atoms with Crippen LogP contribution < -0.4 is 11.1 Å². The summed E-state index contributed by atoms with van der Waals surface area (Å²) in [5, 5.41) is 12.4. The molecule has 1 heterocycles. The lowest BCUT2D eigenvalue weighted by Gasteiger charge is -2.25. The van der Waals surface area contributed by atoms with Crippen LogP contribution in [0.1, 0.15) is 51.4 Å². The molecule has 0 aromatic heterocycles. The molecule has 2 amide bonds. The number of likely N-dealkylation sites (tertiary alicyclic amines) is 1. The smallest absolute Gasteiger partial charge is 0.225 e. The molecule has 127 valence electrons. The first-order valence-corrected chi connectivity index (χ1v) is 8.60. The van der Waals surface area contributed by atoms with Gasteiger partial charge in [-0.05, 0) is 18.8 Å². The molecule has 3 N–H and O–H groups in total. The van der Waals surface area contributed by atoms with Gasteiger partial charge in [-0.3, -0.25) is 14.5 Å². The fourth-order valence-corrected chi connectivity index (χ4v) is 3.55. The van der Waals surface area contributed by atoms with Gasteiger partial charge in [-0.1, -0.05) is 32.1 Å². The van der Waals surface area contributed by atoms with Crippen molar-refractivity contribution in [2.75, 3.05) is 19.6 Å². The Balaban J connectivity index is 1.76. The van der Waals surface area contributed by atoms with E-state index in [1.54, 1.807) is 6.42 Å². The maximum atomic E-state index is 12.2.